The molecule has 0 saturated heterocycles. The van der Waals surface area contributed by atoms with Crippen molar-refractivity contribution in [1.82, 2.24) is 0 Å². The number of esters is 2. The lowest BCUT2D eigenvalue weighted by Crippen LogP contribution is -2.37. The summed E-state index contributed by atoms with van der Waals surface area (Å²) in [6, 6.07) is 0. The molecule has 0 aliphatic rings. The number of hydrogen-bond acceptors (Lipinski definition) is 7. The van der Waals surface area contributed by atoms with Gasteiger partial charge < -0.3 is 18.9 Å². The number of likely N-dealkylation sites (N-methyl/N-ethyl adjacent to an activating group) is 1. The first-order valence-corrected chi connectivity index (χ1v) is 22.9. The van der Waals surface area contributed by atoms with E-state index in [1.807, 2.05) is 39.4 Å². The van der Waals surface area contributed by atoms with E-state index < -0.39 is 32.5 Å². The number of rotatable bonds is 38. The van der Waals surface area contributed by atoms with Gasteiger partial charge in [-0.3, -0.25) is 13.8 Å². The van der Waals surface area contributed by atoms with Crippen molar-refractivity contribution in [2.75, 3.05) is 47.5 Å². The van der Waals surface area contributed by atoms with Crippen molar-refractivity contribution in [3.05, 3.63) is 48.6 Å². The molecule has 0 fully saturated rings. The van der Waals surface area contributed by atoms with E-state index in [-0.39, 0.29) is 19.6 Å². The fourth-order valence-corrected chi connectivity index (χ4v) is 6.39. The van der Waals surface area contributed by atoms with Crippen LogP contribution in [0.4, 0.5) is 0 Å². The van der Waals surface area contributed by atoms with E-state index in [2.05, 4.69) is 19.9 Å². The van der Waals surface area contributed by atoms with Crippen LogP contribution < -0.4 is 0 Å². The zero-order chi connectivity index (χ0) is 40.0. The maximum atomic E-state index is 12.5. The van der Waals surface area contributed by atoms with Crippen molar-refractivity contribution in [3.8, 4) is 0 Å². The molecule has 9 nitrogen and oxygen atoms in total. The average Bonchev–Trinajstić information content (AvgIpc) is 3.12. The average molecular weight is 783 g/mol. The van der Waals surface area contributed by atoms with Gasteiger partial charge in [-0.2, -0.15) is 0 Å². The molecule has 1 unspecified atom stereocenters. The minimum atomic E-state index is -4.41. The third-order valence-corrected chi connectivity index (χ3v) is 10.0. The number of phosphoric ester groups is 1. The molecule has 10 heteroatoms. The first-order valence-electron chi connectivity index (χ1n) is 21.4. The standard InChI is InChI=1S/C44H80NO8P/c1-6-8-10-12-14-16-18-20-22-24-26-28-30-32-34-36-43(46)50-40-42(41-52-54(48,49)51-39-38-45(3,4)5)53-44(47)37-35-33-31-29-27-25-23-21-19-17-15-13-11-9-7-2/h23,25,27,29,31,33,35,37,42H,6-22,24,26,28,30,32,34,36,38-41H2,1-5H3/p+1/b25-23+,29-27+,33-31?,37-35?/t42-/m1/s1. The van der Waals surface area contributed by atoms with Gasteiger partial charge in [-0.05, 0) is 19.3 Å². The molecular weight excluding hydrogens is 701 g/mol. The third-order valence-electron chi connectivity index (χ3n) is 9.04. The number of unbranched alkanes of at least 4 members (excludes halogenated alkanes) is 21. The second-order valence-electron chi connectivity index (χ2n) is 15.5. The summed E-state index contributed by atoms with van der Waals surface area (Å²) in [5.74, 6) is -1.09. The quantitative estimate of drug-likeness (QED) is 0.0165. The molecule has 0 rings (SSSR count). The van der Waals surface area contributed by atoms with Crippen LogP contribution in [-0.2, 0) is 32.7 Å². The molecule has 0 aromatic rings. The number of carbonyl (C=O) groups excluding carboxylic acids is 2. The van der Waals surface area contributed by atoms with Crippen molar-refractivity contribution in [3.63, 3.8) is 0 Å². The van der Waals surface area contributed by atoms with Crippen molar-refractivity contribution >= 4 is 19.8 Å². The molecule has 0 aromatic heterocycles. The molecule has 0 bridgehead atoms. The summed E-state index contributed by atoms with van der Waals surface area (Å²) >= 11 is 0. The zero-order valence-electron chi connectivity index (χ0n) is 35.2. The van der Waals surface area contributed by atoms with Crippen LogP contribution in [0, 0.1) is 0 Å². The molecule has 0 spiro atoms. The molecule has 0 aliphatic heterocycles. The number of phosphoric acid groups is 1. The van der Waals surface area contributed by atoms with Crippen molar-refractivity contribution in [2.24, 2.45) is 0 Å². The van der Waals surface area contributed by atoms with Gasteiger partial charge in [-0.1, -0.05) is 185 Å². The third kappa shape index (κ3) is 39.7. The van der Waals surface area contributed by atoms with Gasteiger partial charge in [0.15, 0.2) is 6.10 Å². The fourth-order valence-electron chi connectivity index (χ4n) is 5.65. The molecule has 0 heterocycles. The van der Waals surface area contributed by atoms with Gasteiger partial charge in [0.05, 0.1) is 27.7 Å². The van der Waals surface area contributed by atoms with Crippen LogP contribution in [0.5, 0.6) is 0 Å². The predicted octanol–water partition coefficient (Wildman–Crippen LogP) is 11.9. The Morgan fingerprint density at radius 1 is 0.611 bits per heavy atom. The van der Waals surface area contributed by atoms with Crippen LogP contribution in [0.15, 0.2) is 48.6 Å². The number of quaternary nitrogens is 1. The minimum absolute atomic E-state index is 0.00841. The summed E-state index contributed by atoms with van der Waals surface area (Å²) in [7, 11) is 1.40. The number of carbonyl (C=O) groups is 2. The van der Waals surface area contributed by atoms with E-state index in [0.29, 0.717) is 11.0 Å². The lowest BCUT2D eigenvalue weighted by atomic mass is 10.0. The number of nitrogens with zero attached hydrogens (tertiary/aromatic N) is 1. The molecule has 2 atom stereocenters. The van der Waals surface area contributed by atoms with E-state index >= 15 is 0 Å². The predicted molar refractivity (Wildman–Crippen MR) is 224 cm³/mol. The van der Waals surface area contributed by atoms with Crippen LogP contribution in [-0.4, -0.2) is 74.9 Å². The Labute approximate surface area is 331 Å². The zero-order valence-corrected chi connectivity index (χ0v) is 36.1. The van der Waals surface area contributed by atoms with Gasteiger partial charge in [0.1, 0.15) is 19.8 Å². The molecule has 0 aromatic carbocycles. The molecule has 54 heavy (non-hydrogen) atoms. The topological polar surface area (TPSA) is 108 Å². The maximum absolute atomic E-state index is 12.5. The fraction of sp³-hybridized carbons (Fsp3) is 0.773. The van der Waals surface area contributed by atoms with Crippen LogP contribution in [0.3, 0.4) is 0 Å². The van der Waals surface area contributed by atoms with E-state index in [4.69, 9.17) is 18.5 Å². The van der Waals surface area contributed by atoms with Gasteiger partial charge in [0.2, 0.25) is 0 Å². The van der Waals surface area contributed by atoms with Gasteiger partial charge in [0.25, 0.3) is 0 Å². The largest absolute Gasteiger partial charge is 0.472 e. The Morgan fingerprint density at radius 2 is 1.07 bits per heavy atom. The summed E-state index contributed by atoms with van der Waals surface area (Å²) in [6.07, 6.45) is 42.3. The summed E-state index contributed by atoms with van der Waals surface area (Å²) in [5, 5.41) is 0. The molecular formula is C44H81NO8P+. The van der Waals surface area contributed by atoms with Crippen LogP contribution in [0.25, 0.3) is 0 Å². The lowest BCUT2D eigenvalue weighted by molar-refractivity contribution is -0.870. The molecule has 0 aliphatic carbocycles. The lowest BCUT2D eigenvalue weighted by Gasteiger charge is -2.24. The van der Waals surface area contributed by atoms with E-state index in [1.165, 1.54) is 128 Å². The highest BCUT2D eigenvalue weighted by Gasteiger charge is 2.26. The molecule has 0 saturated carbocycles. The Balaban J connectivity index is 4.55. The normalized spacial score (nSPS) is 14.1. The number of allylic oxidation sites excluding steroid dienone is 7. The Hall–Kier alpha value is -2.03. The maximum Gasteiger partial charge on any atom is 0.472 e. The Morgan fingerprint density at radius 3 is 1.59 bits per heavy atom. The summed E-state index contributed by atoms with van der Waals surface area (Å²) in [6.45, 7) is 4.24. The summed E-state index contributed by atoms with van der Waals surface area (Å²) in [5.41, 5.74) is 0. The second kappa shape index (κ2) is 36.6. The molecule has 0 amide bonds. The SMILES string of the molecule is CCCCCCCCC/C=C/C=C/C=CC=CC(=O)O[C@H](COC(=O)CCCCCCCCCCCCCCCCC)COP(=O)(O)OCC[N+](C)(C)C. The van der Waals surface area contributed by atoms with E-state index in [9.17, 15) is 19.0 Å². The highest BCUT2D eigenvalue weighted by Crippen LogP contribution is 2.43. The molecule has 1 N–H and O–H groups in total. The summed E-state index contributed by atoms with van der Waals surface area (Å²) < 4.78 is 34.0. The monoisotopic (exact) mass is 783 g/mol. The Bertz CT molecular complexity index is 1070. The first-order chi connectivity index (χ1) is 26.0. The van der Waals surface area contributed by atoms with Crippen LogP contribution in [0.2, 0.25) is 0 Å². The van der Waals surface area contributed by atoms with Gasteiger partial charge >= 0.3 is 19.8 Å². The van der Waals surface area contributed by atoms with Gasteiger partial charge in [-0.15, -0.1) is 0 Å². The van der Waals surface area contributed by atoms with E-state index in [1.54, 1.807) is 18.2 Å². The van der Waals surface area contributed by atoms with E-state index in [0.717, 1.165) is 25.7 Å². The second-order valence-corrected chi connectivity index (χ2v) is 17.0. The Kier molecular flexibility index (Phi) is 35.2. The number of hydrogen-bond donors (Lipinski definition) is 1. The van der Waals surface area contributed by atoms with Crippen LogP contribution in [0.1, 0.15) is 168 Å². The van der Waals surface area contributed by atoms with Gasteiger partial charge in [0, 0.05) is 12.5 Å². The summed E-state index contributed by atoms with van der Waals surface area (Å²) in [4.78, 5) is 35.1. The smallest absolute Gasteiger partial charge is 0.462 e. The van der Waals surface area contributed by atoms with Gasteiger partial charge in [-0.25, -0.2) is 9.36 Å². The minimum Gasteiger partial charge on any atom is -0.462 e. The highest BCUT2D eigenvalue weighted by atomic mass is 31.2. The number of ether oxygens (including phenoxy) is 2. The molecule has 314 valence electrons. The van der Waals surface area contributed by atoms with Crippen molar-refractivity contribution in [1.29, 1.82) is 0 Å². The van der Waals surface area contributed by atoms with Crippen molar-refractivity contribution in [2.45, 2.75) is 174 Å². The highest BCUT2D eigenvalue weighted by molar-refractivity contribution is 7.47. The van der Waals surface area contributed by atoms with Crippen LogP contribution >= 0.6 is 7.82 Å². The molecule has 0 radical (unpaired) electrons. The first kappa shape index (κ1) is 52.0. The van der Waals surface area contributed by atoms with Crippen molar-refractivity contribution < 1.29 is 42.1 Å².